The third-order valence-corrected chi connectivity index (χ3v) is 3.46. The molecule has 0 aliphatic carbocycles. The number of nitrogens with one attached hydrogen (secondary N) is 2. The quantitative estimate of drug-likeness (QED) is 0.803. The first-order valence-electron chi connectivity index (χ1n) is 6.45. The second-order valence-corrected chi connectivity index (χ2v) is 5.96. The predicted octanol–water partition coefficient (Wildman–Crippen LogP) is 2.15. The third kappa shape index (κ3) is 2.21. The Morgan fingerprint density at radius 1 is 1.44 bits per heavy atom. The molecule has 2 rings (SSSR count). The van der Waals surface area contributed by atoms with Crippen molar-refractivity contribution in [3.05, 3.63) is 5.69 Å². The number of anilines is 2. The largest absolute Gasteiger partial charge is 0.365 e. The van der Waals surface area contributed by atoms with Crippen LogP contribution in [-0.4, -0.2) is 21.7 Å². The first-order chi connectivity index (χ1) is 8.32. The van der Waals surface area contributed by atoms with Gasteiger partial charge < -0.3 is 10.6 Å². The molecule has 1 aromatic heterocycles. The van der Waals surface area contributed by atoms with E-state index in [0.717, 1.165) is 23.6 Å². The van der Waals surface area contributed by atoms with Crippen LogP contribution in [0.3, 0.4) is 0 Å². The highest BCUT2D eigenvalue weighted by Gasteiger charge is 2.32. The Balaban J connectivity index is 2.44. The van der Waals surface area contributed by atoms with Crippen LogP contribution < -0.4 is 10.6 Å². The minimum absolute atomic E-state index is 0.0234. The molecule has 18 heavy (non-hydrogen) atoms. The molecule has 1 aromatic rings. The topological polar surface area (TPSA) is 59.0 Å². The summed E-state index contributed by atoms with van der Waals surface area (Å²) >= 11 is 0. The number of aromatic nitrogens is 2. The monoisotopic (exact) mass is 250 g/mol. The molecule has 1 unspecified atom stereocenters. The number of hydrogen-bond donors (Lipinski definition) is 2. The number of fused-ring (bicyclic) bond motifs is 1. The van der Waals surface area contributed by atoms with Gasteiger partial charge in [0.05, 0.1) is 5.69 Å². The molecular formula is C13H22N4O. The Hall–Kier alpha value is -1.52. The average molecular weight is 250 g/mol. The van der Waals surface area contributed by atoms with Gasteiger partial charge in [-0.3, -0.25) is 9.48 Å². The van der Waals surface area contributed by atoms with Crippen LogP contribution in [0.5, 0.6) is 0 Å². The zero-order valence-corrected chi connectivity index (χ0v) is 11.8. The number of nitrogens with zero attached hydrogens (tertiary/aromatic N) is 2. The fraction of sp³-hybridized carbons (Fsp3) is 0.692. The fourth-order valence-corrected chi connectivity index (χ4v) is 2.24. The summed E-state index contributed by atoms with van der Waals surface area (Å²) in [6.07, 6.45) is 1.30. The highest BCUT2D eigenvalue weighted by Crippen LogP contribution is 2.34. The van der Waals surface area contributed by atoms with E-state index in [1.54, 1.807) is 0 Å². The lowest BCUT2D eigenvalue weighted by Crippen LogP contribution is -2.36. The normalized spacial score (nSPS) is 19.8. The third-order valence-electron chi connectivity index (χ3n) is 3.46. The molecule has 5 nitrogen and oxygen atoms in total. The Kier molecular flexibility index (Phi) is 3.09. The van der Waals surface area contributed by atoms with Crippen molar-refractivity contribution in [2.45, 2.75) is 46.6 Å². The van der Waals surface area contributed by atoms with E-state index in [2.05, 4.69) is 36.5 Å². The van der Waals surface area contributed by atoms with E-state index in [-0.39, 0.29) is 17.4 Å². The van der Waals surface area contributed by atoms with Crippen molar-refractivity contribution in [2.24, 2.45) is 12.5 Å². The van der Waals surface area contributed by atoms with Gasteiger partial charge in [-0.15, -0.1) is 0 Å². The number of amides is 1. The summed E-state index contributed by atoms with van der Waals surface area (Å²) in [6.45, 7) is 8.46. The summed E-state index contributed by atoms with van der Waals surface area (Å²) in [5.41, 5.74) is 1.80. The number of hydrogen-bond acceptors (Lipinski definition) is 3. The standard InChI is InChI=1S/C13H22N4O/c1-6-8-11-12(17(5)16-8)14-9(13(2,3)4)7-10(18)15-11/h9,14H,6-7H2,1-5H3,(H,15,18). The molecule has 0 spiro atoms. The van der Waals surface area contributed by atoms with Gasteiger partial charge in [-0.2, -0.15) is 5.10 Å². The maximum Gasteiger partial charge on any atom is 0.226 e. The lowest BCUT2D eigenvalue weighted by Gasteiger charge is -2.30. The van der Waals surface area contributed by atoms with Gasteiger partial charge in [0.1, 0.15) is 11.5 Å². The highest BCUT2D eigenvalue weighted by molar-refractivity contribution is 5.96. The summed E-state index contributed by atoms with van der Waals surface area (Å²) in [4.78, 5) is 12.0. The number of rotatable bonds is 1. The molecule has 100 valence electrons. The van der Waals surface area contributed by atoms with Crippen LogP contribution >= 0.6 is 0 Å². The lowest BCUT2D eigenvalue weighted by molar-refractivity contribution is -0.116. The van der Waals surface area contributed by atoms with E-state index >= 15 is 0 Å². The predicted molar refractivity (Wildman–Crippen MR) is 72.7 cm³/mol. The molecule has 1 aliphatic heterocycles. The van der Waals surface area contributed by atoms with Gasteiger partial charge >= 0.3 is 0 Å². The smallest absolute Gasteiger partial charge is 0.226 e. The Bertz CT molecular complexity index is 470. The van der Waals surface area contributed by atoms with Gasteiger partial charge in [0.15, 0.2) is 0 Å². The molecule has 0 aromatic carbocycles. The van der Waals surface area contributed by atoms with Gasteiger partial charge in [-0.05, 0) is 11.8 Å². The second kappa shape index (κ2) is 4.30. The van der Waals surface area contributed by atoms with E-state index in [9.17, 15) is 4.79 Å². The summed E-state index contributed by atoms with van der Waals surface area (Å²) in [6, 6.07) is 0.110. The zero-order chi connectivity index (χ0) is 13.5. The summed E-state index contributed by atoms with van der Waals surface area (Å²) in [5.74, 6) is 0.974. The lowest BCUT2D eigenvalue weighted by atomic mass is 9.85. The maximum absolute atomic E-state index is 12.0. The van der Waals surface area contributed by atoms with Crippen LogP contribution in [0.1, 0.15) is 39.8 Å². The van der Waals surface area contributed by atoms with Crippen molar-refractivity contribution < 1.29 is 4.79 Å². The van der Waals surface area contributed by atoms with Gasteiger partial charge in [-0.1, -0.05) is 27.7 Å². The molecular weight excluding hydrogens is 228 g/mol. The molecule has 0 radical (unpaired) electrons. The van der Waals surface area contributed by atoms with E-state index < -0.39 is 0 Å². The first kappa shape index (κ1) is 12.9. The zero-order valence-electron chi connectivity index (χ0n) is 11.8. The van der Waals surface area contributed by atoms with E-state index in [1.165, 1.54) is 0 Å². The molecule has 1 aliphatic rings. The van der Waals surface area contributed by atoms with Crippen molar-refractivity contribution in [1.82, 2.24) is 9.78 Å². The number of aryl methyl sites for hydroxylation is 2. The average Bonchev–Trinajstić information content (AvgIpc) is 2.45. The molecule has 1 atom stereocenters. The molecule has 0 saturated heterocycles. The molecule has 0 fully saturated rings. The van der Waals surface area contributed by atoms with Crippen LogP contribution in [0.2, 0.25) is 0 Å². The molecule has 2 N–H and O–H groups in total. The van der Waals surface area contributed by atoms with Gasteiger partial charge in [0, 0.05) is 19.5 Å². The highest BCUT2D eigenvalue weighted by atomic mass is 16.1. The fourth-order valence-electron chi connectivity index (χ4n) is 2.24. The van der Waals surface area contributed by atoms with Crippen LogP contribution in [0.4, 0.5) is 11.5 Å². The summed E-state index contributed by atoms with van der Waals surface area (Å²) in [7, 11) is 1.90. The Morgan fingerprint density at radius 3 is 2.67 bits per heavy atom. The van der Waals surface area contributed by atoms with Crippen molar-refractivity contribution in [3.63, 3.8) is 0 Å². The van der Waals surface area contributed by atoms with Crippen molar-refractivity contribution in [2.75, 3.05) is 10.6 Å². The maximum atomic E-state index is 12.0. The van der Waals surface area contributed by atoms with Crippen molar-refractivity contribution in [3.8, 4) is 0 Å². The van der Waals surface area contributed by atoms with Gasteiger partial charge in [0.2, 0.25) is 5.91 Å². The second-order valence-electron chi connectivity index (χ2n) is 5.96. The van der Waals surface area contributed by atoms with Gasteiger partial charge in [-0.25, -0.2) is 0 Å². The molecule has 5 heteroatoms. The van der Waals surface area contributed by atoms with E-state index in [0.29, 0.717) is 6.42 Å². The minimum Gasteiger partial charge on any atom is -0.365 e. The summed E-state index contributed by atoms with van der Waals surface area (Å²) in [5, 5.41) is 10.9. The van der Waals surface area contributed by atoms with Crippen LogP contribution in [0, 0.1) is 5.41 Å². The molecule has 2 heterocycles. The van der Waals surface area contributed by atoms with Crippen LogP contribution in [0.15, 0.2) is 0 Å². The van der Waals surface area contributed by atoms with E-state index in [4.69, 9.17) is 0 Å². The van der Waals surface area contributed by atoms with Crippen molar-refractivity contribution in [1.29, 1.82) is 0 Å². The van der Waals surface area contributed by atoms with E-state index in [1.807, 2.05) is 18.7 Å². The van der Waals surface area contributed by atoms with Crippen LogP contribution in [0.25, 0.3) is 0 Å². The SMILES string of the molecule is CCc1nn(C)c2c1NC(=O)CC(C(C)(C)C)N2. The van der Waals surface area contributed by atoms with Crippen molar-refractivity contribution >= 4 is 17.4 Å². The first-order valence-corrected chi connectivity index (χ1v) is 6.45. The molecule has 1 amide bonds. The minimum atomic E-state index is 0.0234. The molecule has 0 saturated carbocycles. The Morgan fingerprint density at radius 2 is 2.11 bits per heavy atom. The number of carbonyl (C=O) groups is 1. The van der Waals surface area contributed by atoms with Gasteiger partial charge in [0.25, 0.3) is 0 Å². The Labute approximate surface area is 108 Å². The molecule has 0 bridgehead atoms. The van der Waals surface area contributed by atoms with Crippen LogP contribution in [-0.2, 0) is 18.3 Å². The summed E-state index contributed by atoms with van der Waals surface area (Å²) < 4.78 is 1.82. The number of carbonyl (C=O) groups excluding carboxylic acids is 1.